The van der Waals surface area contributed by atoms with Crippen molar-refractivity contribution in [1.29, 1.82) is 0 Å². The van der Waals surface area contributed by atoms with Crippen LogP contribution in [0.15, 0.2) is 30.3 Å². The summed E-state index contributed by atoms with van der Waals surface area (Å²) in [5, 5.41) is 10.6. The predicted octanol–water partition coefficient (Wildman–Crippen LogP) is 2.10. The van der Waals surface area contributed by atoms with E-state index in [0.29, 0.717) is 6.54 Å². The second-order valence-electron chi connectivity index (χ2n) is 6.91. The Hall–Kier alpha value is -0.910. The van der Waals surface area contributed by atoms with Gasteiger partial charge >= 0.3 is 0 Å². The summed E-state index contributed by atoms with van der Waals surface area (Å²) >= 11 is 0. The molecule has 0 amide bonds. The summed E-state index contributed by atoms with van der Waals surface area (Å²) in [6, 6.07) is 9.35. The van der Waals surface area contributed by atoms with E-state index >= 15 is 0 Å². The van der Waals surface area contributed by atoms with Crippen molar-refractivity contribution in [2.75, 3.05) is 6.54 Å². The molecule has 0 radical (unpaired) electrons. The van der Waals surface area contributed by atoms with Gasteiger partial charge in [-0.1, -0.05) is 30.3 Å². The number of aliphatic hydroxyl groups is 1. The Labute approximate surface area is 121 Å². The summed E-state index contributed by atoms with van der Waals surface area (Å²) in [4.78, 5) is 0. The number of nitrogens with zero attached hydrogens (tertiary/aromatic N) is 1. The molecule has 1 N–H and O–H groups in total. The van der Waals surface area contributed by atoms with Crippen LogP contribution >= 0.6 is 0 Å². The number of hydrogen-bond acceptors (Lipinski definition) is 3. The van der Waals surface area contributed by atoms with E-state index in [2.05, 4.69) is 0 Å². The lowest BCUT2D eigenvalue weighted by atomic mass is 9.84. The molecule has 1 unspecified atom stereocenters. The smallest absolute Gasteiger partial charge is 0.220 e. The van der Waals surface area contributed by atoms with Gasteiger partial charge in [-0.2, -0.15) is 4.31 Å². The van der Waals surface area contributed by atoms with Crippen LogP contribution in [-0.4, -0.2) is 34.7 Å². The topological polar surface area (TPSA) is 57.4 Å². The van der Waals surface area contributed by atoms with Crippen molar-refractivity contribution >= 4 is 10.0 Å². The van der Waals surface area contributed by atoms with Crippen LogP contribution in [0.3, 0.4) is 0 Å². The molecule has 0 aliphatic carbocycles. The fourth-order valence-corrected chi connectivity index (χ4v) is 4.35. The summed E-state index contributed by atoms with van der Waals surface area (Å²) in [5.41, 5.74) is -1.17. The third-order valence-electron chi connectivity index (χ3n) is 4.02. The van der Waals surface area contributed by atoms with E-state index in [1.807, 2.05) is 30.3 Å². The lowest BCUT2D eigenvalue weighted by Crippen LogP contribution is -2.45. The molecular formula is C15H23NO3S. The van der Waals surface area contributed by atoms with Crippen LogP contribution < -0.4 is 0 Å². The van der Waals surface area contributed by atoms with Gasteiger partial charge < -0.3 is 5.11 Å². The highest BCUT2D eigenvalue weighted by atomic mass is 32.2. The Morgan fingerprint density at radius 2 is 1.60 bits per heavy atom. The molecule has 4 nitrogen and oxygen atoms in total. The zero-order valence-corrected chi connectivity index (χ0v) is 13.5. The van der Waals surface area contributed by atoms with E-state index in [4.69, 9.17) is 0 Å². The third-order valence-corrected chi connectivity index (χ3v) is 6.59. The van der Waals surface area contributed by atoms with Crippen molar-refractivity contribution < 1.29 is 13.5 Å². The summed E-state index contributed by atoms with van der Waals surface area (Å²) in [5.74, 6) is 0. The van der Waals surface area contributed by atoms with E-state index in [-0.39, 0.29) is 0 Å². The summed E-state index contributed by atoms with van der Waals surface area (Å²) in [6.45, 7) is 8.69. The van der Waals surface area contributed by atoms with E-state index in [1.165, 1.54) is 4.31 Å². The van der Waals surface area contributed by atoms with Crippen molar-refractivity contribution in [2.45, 2.75) is 50.5 Å². The second-order valence-corrected chi connectivity index (χ2v) is 9.53. The Morgan fingerprint density at radius 1 is 1.10 bits per heavy atom. The molecule has 1 aromatic rings. The van der Waals surface area contributed by atoms with Gasteiger partial charge in [0, 0.05) is 6.54 Å². The zero-order chi connectivity index (χ0) is 15.4. The molecule has 0 aromatic heterocycles. The number of benzene rings is 1. The molecule has 112 valence electrons. The minimum atomic E-state index is -3.47. The first-order valence-corrected chi connectivity index (χ1v) is 8.19. The predicted molar refractivity (Wildman–Crippen MR) is 79.8 cm³/mol. The van der Waals surface area contributed by atoms with Crippen molar-refractivity contribution in [3.63, 3.8) is 0 Å². The van der Waals surface area contributed by atoms with Crippen LogP contribution in [-0.2, 0) is 15.6 Å². The molecule has 0 bridgehead atoms. The Kier molecular flexibility index (Phi) is 3.32. The number of sulfonamides is 1. The molecule has 1 heterocycles. The Bertz CT molecular complexity index is 596. The van der Waals surface area contributed by atoms with Crippen molar-refractivity contribution in [3.8, 4) is 0 Å². The standard InChI is InChI=1S/C15H23NO3S/c1-13(2,3)20(18,19)16-11-15(16,14(4,5)17)12-9-7-6-8-10-12/h6-10,17H,11H2,1-5H3/t15-,16?/m0/s1. The zero-order valence-electron chi connectivity index (χ0n) is 12.7. The quantitative estimate of drug-likeness (QED) is 0.869. The van der Waals surface area contributed by atoms with Gasteiger partial charge in [-0.15, -0.1) is 0 Å². The number of rotatable bonds is 3. The molecule has 1 fully saturated rings. The van der Waals surface area contributed by atoms with Crippen molar-refractivity contribution in [3.05, 3.63) is 35.9 Å². The van der Waals surface area contributed by atoms with Gasteiger partial charge in [0.05, 0.1) is 10.3 Å². The second kappa shape index (κ2) is 4.29. The maximum Gasteiger partial charge on any atom is 0.220 e. The molecule has 1 aliphatic rings. The van der Waals surface area contributed by atoms with Gasteiger partial charge in [-0.05, 0) is 40.2 Å². The first-order chi connectivity index (χ1) is 8.94. The first kappa shape index (κ1) is 15.5. The average molecular weight is 297 g/mol. The van der Waals surface area contributed by atoms with Crippen LogP contribution in [0.4, 0.5) is 0 Å². The molecule has 2 atom stereocenters. The Balaban J connectivity index is 2.53. The van der Waals surface area contributed by atoms with Gasteiger partial charge in [-0.3, -0.25) is 0 Å². The summed E-state index contributed by atoms with van der Waals surface area (Å²) in [7, 11) is -3.47. The fourth-order valence-electron chi connectivity index (χ4n) is 2.59. The molecule has 0 spiro atoms. The van der Waals surface area contributed by atoms with Crippen LogP contribution in [0.2, 0.25) is 0 Å². The van der Waals surface area contributed by atoms with E-state index in [1.54, 1.807) is 34.6 Å². The normalized spacial score (nSPS) is 27.4. The maximum absolute atomic E-state index is 12.7. The van der Waals surface area contributed by atoms with Crippen LogP contribution in [0, 0.1) is 0 Å². The molecule has 1 saturated heterocycles. The largest absolute Gasteiger partial charge is 0.388 e. The molecular weight excluding hydrogens is 274 g/mol. The van der Waals surface area contributed by atoms with Gasteiger partial charge in [-0.25, -0.2) is 8.42 Å². The van der Waals surface area contributed by atoms with Gasteiger partial charge in [0.1, 0.15) is 5.54 Å². The molecule has 0 saturated carbocycles. The van der Waals surface area contributed by atoms with Crippen LogP contribution in [0.5, 0.6) is 0 Å². The van der Waals surface area contributed by atoms with E-state index in [0.717, 1.165) is 5.56 Å². The van der Waals surface area contributed by atoms with Crippen molar-refractivity contribution in [1.82, 2.24) is 4.31 Å². The maximum atomic E-state index is 12.7. The van der Waals surface area contributed by atoms with E-state index < -0.39 is 25.9 Å². The highest BCUT2D eigenvalue weighted by Gasteiger charge is 2.68. The van der Waals surface area contributed by atoms with Gasteiger partial charge in [0.25, 0.3) is 0 Å². The van der Waals surface area contributed by atoms with E-state index in [9.17, 15) is 13.5 Å². The van der Waals surface area contributed by atoms with Gasteiger partial charge in [0.15, 0.2) is 0 Å². The average Bonchev–Trinajstić information content (AvgIpc) is 3.05. The summed E-state index contributed by atoms with van der Waals surface area (Å²) < 4.78 is 25.9. The van der Waals surface area contributed by atoms with Crippen molar-refractivity contribution in [2.24, 2.45) is 0 Å². The monoisotopic (exact) mass is 297 g/mol. The molecule has 1 aromatic carbocycles. The lowest BCUT2D eigenvalue weighted by molar-refractivity contribution is 0.0253. The van der Waals surface area contributed by atoms with Crippen LogP contribution in [0.1, 0.15) is 40.2 Å². The first-order valence-electron chi connectivity index (χ1n) is 6.75. The summed E-state index contributed by atoms with van der Waals surface area (Å²) in [6.07, 6.45) is 0. The highest BCUT2D eigenvalue weighted by molar-refractivity contribution is 7.90. The van der Waals surface area contributed by atoms with Crippen LogP contribution in [0.25, 0.3) is 0 Å². The minimum absolute atomic E-state index is 0.320. The van der Waals surface area contributed by atoms with Gasteiger partial charge in [0.2, 0.25) is 10.0 Å². The molecule has 20 heavy (non-hydrogen) atoms. The number of hydrogen-bond donors (Lipinski definition) is 1. The third kappa shape index (κ3) is 2.08. The fraction of sp³-hybridized carbons (Fsp3) is 0.600. The lowest BCUT2D eigenvalue weighted by Gasteiger charge is -2.32. The highest BCUT2D eigenvalue weighted by Crippen LogP contribution is 2.54. The Morgan fingerprint density at radius 3 is 2.00 bits per heavy atom. The molecule has 1 aliphatic heterocycles. The molecule has 2 rings (SSSR count). The molecule has 5 heteroatoms. The SMILES string of the molecule is CC(C)(O)[C@@]1(c2ccccc2)CN1S(=O)(=O)C(C)(C)C. The minimum Gasteiger partial charge on any atom is -0.388 e.